The van der Waals surface area contributed by atoms with Crippen LogP contribution in [-0.4, -0.2) is 18.0 Å². The van der Waals surface area contributed by atoms with E-state index in [2.05, 4.69) is 21.2 Å². The van der Waals surface area contributed by atoms with Crippen molar-refractivity contribution in [2.75, 3.05) is 6.54 Å². The van der Waals surface area contributed by atoms with Crippen LogP contribution in [0, 0.1) is 11.7 Å². The van der Waals surface area contributed by atoms with Gasteiger partial charge in [0.25, 0.3) is 0 Å². The lowest BCUT2D eigenvalue weighted by Gasteiger charge is -2.37. The maximum Gasteiger partial charge on any atom is 0.224 e. The lowest BCUT2D eigenvalue weighted by atomic mass is 9.74. The number of rotatable bonds is 4. The minimum Gasteiger partial charge on any atom is -0.355 e. The summed E-state index contributed by atoms with van der Waals surface area (Å²) in [7, 11) is 0. The molecule has 0 saturated heterocycles. The number of benzene rings is 1. The minimum absolute atomic E-state index is 0. The van der Waals surface area contributed by atoms with Gasteiger partial charge >= 0.3 is 0 Å². The van der Waals surface area contributed by atoms with E-state index in [4.69, 9.17) is 5.73 Å². The van der Waals surface area contributed by atoms with Gasteiger partial charge in [0.2, 0.25) is 5.91 Å². The first kappa shape index (κ1) is 19.4. The number of nitrogens with one attached hydrogen (secondary N) is 1. The first-order valence-corrected chi connectivity index (χ1v) is 8.20. The molecule has 2 unspecified atom stereocenters. The molecule has 0 heterocycles. The van der Waals surface area contributed by atoms with Crippen LogP contribution in [0.1, 0.15) is 38.2 Å². The second-order valence-corrected chi connectivity index (χ2v) is 7.00. The van der Waals surface area contributed by atoms with Gasteiger partial charge in [0.15, 0.2) is 0 Å². The summed E-state index contributed by atoms with van der Waals surface area (Å²) in [6.07, 6.45) is 4.33. The van der Waals surface area contributed by atoms with Crippen molar-refractivity contribution in [1.82, 2.24) is 5.32 Å². The number of hydrogen-bond donors (Lipinski definition) is 2. The van der Waals surface area contributed by atoms with Crippen LogP contribution in [0.4, 0.5) is 4.39 Å². The van der Waals surface area contributed by atoms with Crippen molar-refractivity contribution in [3.8, 4) is 0 Å². The van der Waals surface area contributed by atoms with Crippen LogP contribution >= 0.6 is 28.3 Å². The van der Waals surface area contributed by atoms with Gasteiger partial charge in [0.1, 0.15) is 5.82 Å². The Balaban J connectivity index is 0.00000242. The Morgan fingerprint density at radius 2 is 2.23 bits per heavy atom. The quantitative estimate of drug-likeness (QED) is 0.821. The Hall–Kier alpha value is -0.650. The third-order valence-corrected chi connectivity index (χ3v) is 4.77. The van der Waals surface area contributed by atoms with Crippen molar-refractivity contribution < 1.29 is 9.18 Å². The molecular formula is C16H23BrClFN2O. The fourth-order valence-corrected chi connectivity index (χ4v) is 3.38. The SMILES string of the molecule is CC1(N)CCCCC1C(=O)NCCc1cc(Br)ccc1F.Cl. The van der Waals surface area contributed by atoms with E-state index < -0.39 is 5.54 Å². The average Bonchev–Trinajstić information content (AvgIpc) is 2.42. The lowest BCUT2D eigenvalue weighted by molar-refractivity contribution is -0.128. The largest absolute Gasteiger partial charge is 0.355 e. The highest BCUT2D eigenvalue weighted by atomic mass is 79.9. The molecule has 22 heavy (non-hydrogen) atoms. The van der Waals surface area contributed by atoms with Gasteiger partial charge < -0.3 is 11.1 Å². The molecule has 2 atom stereocenters. The molecule has 1 aromatic rings. The molecule has 124 valence electrons. The number of nitrogens with two attached hydrogens (primary N) is 1. The molecule has 2 rings (SSSR count). The fourth-order valence-electron chi connectivity index (χ4n) is 2.97. The van der Waals surface area contributed by atoms with E-state index in [1.807, 2.05) is 6.92 Å². The second-order valence-electron chi connectivity index (χ2n) is 6.08. The number of halogens is 3. The van der Waals surface area contributed by atoms with Crippen LogP contribution in [0.5, 0.6) is 0 Å². The number of carbonyl (C=O) groups is 1. The Morgan fingerprint density at radius 1 is 1.50 bits per heavy atom. The van der Waals surface area contributed by atoms with Gasteiger partial charge in [-0.1, -0.05) is 28.8 Å². The van der Waals surface area contributed by atoms with Gasteiger partial charge in [-0.2, -0.15) is 0 Å². The summed E-state index contributed by atoms with van der Waals surface area (Å²) in [5, 5.41) is 2.90. The van der Waals surface area contributed by atoms with Crippen molar-refractivity contribution in [1.29, 1.82) is 0 Å². The highest BCUT2D eigenvalue weighted by molar-refractivity contribution is 9.10. The second kappa shape index (κ2) is 8.27. The summed E-state index contributed by atoms with van der Waals surface area (Å²) >= 11 is 3.32. The molecule has 0 aliphatic heterocycles. The molecule has 0 aromatic heterocycles. The van der Waals surface area contributed by atoms with Crippen molar-refractivity contribution in [3.05, 3.63) is 34.1 Å². The zero-order valence-corrected chi connectivity index (χ0v) is 15.1. The molecule has 6 heteroatoms. The summed E-state index contributed by atoms with van der Waals surface area (Å²) in [5.41, 5.74) is 6.40. The molecule has 1 aliphatic carbocycles. The van der Waals surface area contributed by atoms with Crippen LogP contribution in [0.3, 0.4) is 0 Å². The van der Waals surface area contributed by atoms with Crippen molar-refractivity contribution >= 4 is 34.2 Å². The normalized spacial score (nSPS) is 24.5. The van der Waals surface area contributed by atoms with Gasteiger partial charge in [0.05, 0.1) is 5.92 Å². The zero-order valence-electron chi connectivity index (χ0n) is 12.7. The third-order valence-electron chi connectivity index (χ3n) is 4.27. The molecule has 1 aliphatic rings. The smallest absolute Gasteiger partial charge is 0.224 e. The number of carbonyl (C=O) groups excluding carboxylic acids is 1. The molecule has 1 aromatic carbocycles. The maximum atomic E-state index is 13.6. The topological polar surface area (TPSA) is 55.1 Å². The summed E-state index contributed by atoms with van der Waals surface area (Å²) in [6.45, 7) is 2.38. The monoisotopic (exact) mass is 392 g/mol. The standard InChI is InChI=1S/C16H22BrFN2O.ClH/c1-16(19)8-3-2-4-13(16)15(21)20-9-7-11-10-12(17)5-6-14(11)18;/h5-6,10,13H,2-4,7-9,19H2,1H3,(H,20,21);1H. The highest BCUT2D eigenvalue weighted by Crippen LogP contribution is 2.31. The Kier molecular flexibility index (Phi) is 7.29. The van der Waals surface area contributed by atoms with Crippen LogP contribution in [0.15, 0.2) is 22.7 Å². The summed E-state index contributed by atoms with van der Waals surface area (Å²) in [5.74, 6) is -0.387. The molecule has 0 spiro atoms. The maximum absolute atomic E-state index is 13.6. The molecule has 0 radical (unpaired) electrons. The molecule has 1 amide bonds. The predicted molar refractivity (Wildman–Crippen MR) is 92.6 cm³/mol. The van der Waals surface area contributed by atoms with E-state index in [0.717, 1.165) is 30.2 Å². The first-order chi connectivity index (χ1) is 9.90. The Bertz CT molecular complexity index is 525. The minimum atomic E-state index is -0.427. The van der Waals surface area contributed by atoms with Crippen molar-refractivity contribution in [2.24, 2.45) is 11.7 Å². The van der Waals surface area contributed by atoms with E-state index in [-0.39, 0.29) is 30.0 Å². The van der Waals surface area contributed by atoms with E-state index in [9.17, 15) is 9.18 Å². The Morgan fingerprint density at radius 3 is 2.91 bits per heavy atom. The van der Waals surface area contributed by atoms with E-state index in [1.54, 1.807) is 12.1 Å². The van der Waals surface area contributed by atoms with E-state index in [1.165, 1.54) is 6.07 Å². The van der Waals surface area contributed by atoms with E-state index >= 15 is 0 Å². The van der Waals surface area contributed by atoms with Gasteiger partial charge in [-0.15, -0.1) is 12.4 Å². The lowest BCUT2D eigenvalue weighted by Crippen LogP contribution is -2.53. The highest BCUT2D eigenvalue weighted by Gasteiger charge is 2.37. The summed E-state index contributed by atoms with van der Waals surface area (Å²) in [6, 6.07) is 4.84. The van der Waals surface area contributed by atoms with Crippen LogP contribution < -0.4 is 11.1 Å². The fraction of sp³-hybridized carbons (Fsp3) is 0.562. The van der Waals surface area contributed by atoms with Gasteiger partial charge in [-0.05, 0) is 49.9 Å². The first-order valence-electron chi connectivity index (χ1n) is 7.41. The Labute approximate surface area is 145 Å². The van der Waals surface area contributed by atoms with E-state index in [0.29, 0.717) is 18.5 Å². The molecule has 1 fully saturated rings. The third kappa shape index (κ3) is 4.93. The van der Waals surface area contributed by atoms with Crippen molar-refractivity contribution in [2.45, 2.75) is 44.6 Å². The van der Waals surface area contributed by atoms with Crippen molar-refractivity contribution in [3.63, 3.8) is 0 Å². The molecule has 3 nitrogen and oxygen atoms in total. The van der Waals surface area contributed by atoms with Gasteiger partial charge in [-0.3, -0.25) is 4.79 Å². The predicted octanol–water partition coefficient (Wildman–Crippen LogP) is 3.58. The van der Waals surface area contributed by atoms with Gasteiger partial charge in [-0.25, -0.2) is 4.39 Å². The number of amides is 1. The number of hydrogen-bond acceptors (Lipinski definition) is 2. The zero-order chi connectivity index (χ0) is 15.5. The van der Waals surface area contributed by atoms with Crippen LogP contribution in [0.2, 0.25) is 0 Å². The van der Waals surface area contributed by atoms with Crippen LogP contribution in [-0.2, 0) is 11.2 Å². The molecular weight excluding hydrogens is 371 g/mol. The average molecular weight is 394 g/mol. The summed E-state index contributed by atoms with van der Waals surface area (Å²) < 4.78 is 14.5. The van der Waals surface area contributed by atoms with Gasteiger partial charge in [0, 0.05) is 16.6 Å². The molecule has 1 saturated carbocycles. The van der Waals surface area contributed by atoms with Crippen LogP contribution in [0.25, 0.3) is 0 Å². The molecule has 3 N–H and O–H groups in total. The summed E-state index contributed by atoms with van der Waals surface area (Å²) in [4.78, 5) is 12.3. The molecule has 0 bridgehead atoms.